The number of aliphatic hydroxyl groups excluding tert-OH is 1. The number of ether oxygens (including phenoxy) is 5. The second-order valence-corrected chi connectivity index (χ2v) is 14.6. The summed E-state index contributed by atoms with van der Waals surface area (Å²) in [5.41, 5.74) is -1.01. The van der Waals surface area contributed by atoms with Gasteiger partial charge < -0.3 is 43.7 Å². The summed E-state index contributed by atoms with van der Waals surface area (Å²) in [7, 11) is 5.84. The Balaban J connectivity index is 1.48. The van der Waals surface area contributed by atoms with E-state index in [1.54, 1.807) is 38.3 Å². The van der Waals surface area contributed by atoms with Gasteiger partial charge in [0.25, 0.3) is 11.6 Å². The van der Waals surface area contributed by atoms with Gasteiger partial charge in [-0.25, -0.2) is 10.1 Å². The second kappa shape index (κ2) is 16.8. The number of epoxide rings is 1. The van der Waals surface area contributed by atoms with Crippen molar-refractivity contribution in [3.63, 3.8) is 0 Å². The molecule has 0 aliphatic carbocycles. The standard InChI is InChI=1S/C38H47ClN4O12/c1-21-9-8-10-29(52-7)38(48)20-26(53-36(47)40-38)18-31-37(3,55-31)30(19-32(44)42(5)27-16-23(15-21)17-28(51-6)33(27)39)54-35(46)22(2)41(4)34(45)24-11-13-25(14-12-24)43(49)50/h8-14,16-17,22,26,29-31,36,40,47-48H,15,18-20H2,1-7H3/b10-8+,21-9+/t22-,26+,29+,30-,31-,36?,37-,38-/m0/s1. The van der Waals surface area contributed by atoms with Crippen LogP contribution in [-0.4, -0.2) is 114 Å². The Kier molecular flexibility index (Phi) is 12.7. The summed E-state index contributed by atoms with van der Waals surface area (Å²) >= 11 is 6.74. The van der Waals surface area contributed by atoms with E-state index >= 15 is 0 Å². The fourth-order valence-corrected chi connectivity index (χ4v) is 7.17. The molecule has 5 rings (SSSR count). The molecule has 0 spiro atoms. The van der Waals surface area contributed by atoms with Crippen molar-refractivity contribution in [3.8, 4) is 5.75 Å². The van der Waals surface area contributed by atoms with Gasteiger partial charge in [-0.3, -0.25) is 19.7 Å². The lowest BCUT2D eigenvalue weighted by molar-refractivity contribution is -0.384. The molecular weight excluding hydrogens is 740 g/mol. The number of esters is 1. The van der Waals surface area contributed by atoms with E-state index < -0.39 is 70.9 Å². The van der Waals surface area contributed by atoms with Crippen molar-refractivity contribution < 1.29 is 53.2 Å². The molecule has 16 nitrogen and oxygen atoms in total. The van der Waals surface area contributed by atoms with Gasteiger partial charge in [0.15, 0.2) is 5.72 Å². The van der Waals surface area contributed by atoms with Crippen molar-refractivity contribution in [3.05, 3.63) is 86.5 Å². The van der Waals surface area contributed by atoms with E-state index in [1.165, 1.54) is 57.4 Å². The van der Waals surface area contributed by atoms with Crippen LogP contribution in [0.1, 0.15) is 56.0 Å². The molecule has 3 aliphatic rings. The molecule has 2 saturated heterocycles. The molecule has 298 valence electrons. The Morgan fingerprint density at radius 2 is 1.91 bits per heavy atom. The van der Waals surface area contributed by atoms with E-state index in [2.05, 4.69) is 5.32 Å². The molecule has 2 amide bonds. The van der Waals surface area contributed by atoms with Crippen LogP contribution in [0.2, 0.25) is 5.02 Å². The highest BCUT2D eigenvalue weighted by Crippen LogP contribution is 2.47. The van der Waals surface area contributed by atoms with Crippen molar-refractivity contribution in [1.82, 2.24) is 10.2 Å². The van der Waals surface area contributed by atoms with E-state index in [0.29, 0.717) is 17.9 Å². The van der Waals surface area contributed by atoms with Crippen molar-refractivity contribution in [1.29, 1.82) is 0 Å². The zero-order chi connectivity index (χ0) is 40.4. The van der Waals surface area contributed by atoms with Crippen LogP contribution < -0.4 is 15.0 Å². The lowest BCUT2D eigenvalue weighted by atomic mass is 9.90. The number of nitro benzene ring substituents is 1. The summed E-state index contributed by atoms with van der Waals surface area (Å²) in [6.45, 7) is 5.04. The first kappa shape index (κ1) is 41.7. The summed E-state index contributed by atoms with van der Waals surface area (Å²) in [6.07, 6.45) is 0.397. The van der Waals surface area contributed by atoms with Crippen molar-refractivity contribution in [2.75, 3.05) is 33.2 Å². The van der Waals surface area contributed by atoms with E-state index in [4.69, 9.17) is 35.3 Å². The van der Waals surface area contributed by atoms with Gasteiger partial charge in [0.05, 0.1) is 36.3 Å². The maximum Gasteiger partial charge on any atom is 0.328 e. The van der Waals surface area contributed by atoms with E-state index in [0.717, 1.165) is 16.0 Å². The minimum Gasteiger partial charge on any atom is -0.495 e. The molecule has 3 N–H and O–H groups in total. The third-order valence-corrected chi connectivity index (χ3v) is 10.8. The molecule has 3 aliphatic heterocycles. The first-order valence-electron chi connectivity index (χ1n) is 17.6. The summed E-state index contributed by atoms with van der Waals surface area (Å²) in [5.74, 6) is -1.56. The highest BCUT2D eigenvalue weighted by molar-refractivity contribution is 6.35. The lowest BCUT2D eigenvalue weighted by Gasteiger charge is -2.43. The normalized spacial score (nSPS) is 30.6. The number of anilines is 1. The summed E-state index contributed by atoms with van der Waals surface area (Å²) in [5, 5.41) is 36.2. The fraction of sp³-hybridized carbons (Fsp3) is 0.500. The largest absolute Gasteiger partial charge is 0.495 e. The number of aliphatic hydroxyl groups is 2. The van der Waals surface area contributed by atoms with Gasteiger partial charge in [-0.05, 0) is 57.0 Å². The molecule has 0 saturated carbocycles. The second-order valence-electron chi connectivity index (χ2n) is 14.2. The van der Waals surface area contributed by atoms with Gasteiger partial charge in [-0.2, -0.15) is 0 Å². The molecule has 0 aromatic heterocycles. The number of carbonyl (C=O) groups is 3. The molecule has 3 heterocycles. The molecule has 0 radical (unpaired) electrons. The number of likely N-dealkylation sites (N-methyl/N-ethyl adjacent to an activating group) is 1. The molecular formula is C38H47ClN4O12. The van der Waals surface area contributed by atoms with Crippen molar-refractivity contribution >= 4 is 40.8 Å². The monoisotopic (exact) mass is 786 g/mol. The van der Waals surface area contributed by atoms with Crippen LogP contribution in [0, 0.1) is 10.1 Å². The molecule has 55 heavy (non-hydrogen) atoms. The molecule has 2 fully saturated rings. The number of fused-ring (bicyclic) bond motifs is 5. The summed E-state index contributed by atoms with van der Waals surface area (Å²) in [6, 6.07) is 7.34. The van der Waals surface area contributed by atoms with E-state index in [-0.39, 0.29) is 35.5 Å². The number of non-ortho nitro benzene ring substituents is 1. The first-order chi connectivity index (χ1) is 25.9. The van der Waals surface area contributed by atoms with Crippen LogP contribution >= 0.6 is 11.6 Å². The number of halogens is 1. The zero-order valence-electron chi connectivity index (χ0n) is 31.7. The predicted octanol–water partition coefficient (Wildman–Crippen LogP) is 3.65. The van der Waals surface area contributed by atoms with E-state index in [9.17, 15) is 34.7 Å². The first-order valence-corrected chi connectivity index (χ1v) is 18.0. The SMILES string of the molecule is COc1cc2cc(c1Cl)N(C)C(=O)C[C@H](OC(=O)[C@H](C)N(C)C(=O)c1ccc([N+](=O)[O-])cc1)[C@]1(C)O[C@H]1C[C@@H]1C[C@@](O)(NC(O)O1)[C@H](OC)/C=C/C=C(\C)C2. The van der Waals surface area contributed by atoms with Crippen LogP contribution in [0.4, 0.5) is 11.4 Å². The molecule has 4 bridgehead atoms. The Morgan fingerprint density at radius 3 is 2.55 bits per heavy atom. The molecule has 1 unspecified atom stereocenters. The Morgan fingerprint density at radius 1 is 1.22 bits per heavy atom. The number of nitrogens with one attached hydrogen (secondary N) is 1. The number of nitrogens with zero attached hydrogens (tertiary/aromatic N) is 3. The number of benzene rings is 2. The fourth-order valence-electron chi connectivity index (χ4n) is 6.86. The Labute approximate surface area is 323 Å². The highest BCUT2D eigenvalue weighted by Gasteiger charge is 2.61. The van der Waals surface area contributed by atoms with E-state index in [1.807, 2.05) is 13.0 Å². The van der Waals surface area contributed by atoms with Gasteiger partial charge in [-0.15, -0.1) is 0 Å². The Hall–Kier alpha value is -4.42. The smallest absolute Gasteiger partial charge is 0.328 e. The van der Waals surface area contributed by atoms with Gasteiger partial charge in [0, 0.05) is 51.7 Å². The molecule has 17 heteroatoms. The van der Waals surface area contributed by atoms with Crippen LogP contribution in [0.25, 0.3) is 0 Å². The van der Waals surface area contributed by atoms with Crippen LogP contribution in [-0.2, 0) is 35.0 Å². The number of allylic oxidation sites excluding steroid dienone is 3. The number of methoxy groups -OCH3 is 2. The third kappa shape index (κ3) is 9.18. The number of hydrogen-bond donors (Lipinski definition) is 3. The summed E-state index contributed by atoms with van der Waals surface area (Å²) < 4.78 is 29.1. The van der Waals surface area contributed by atoms with Crippen molar-refractivity contribution in [2.45, 2.75) is 94.7 Å². The lowest BCUT2D eigenvalue weighted by Crippen LogP contribution is -2.64. The number of nitro groups is 1. The zero-order valence-corrected chi connectivity index (χ0v) is 32.4. The van der Waals surface area contributed by atoms with Gasteiger partial charge in [-0.1, -0.05) is 35.4 Å². The summed E-state index contributed by atoms with van der Waals surface area (Å²) in [4.78, 5) is 54.2. The van der Waals surface area contributed by atoms with Crippen LogP contribution in [0.15, 0.2) is 60.2 Å². The quantitative estimate of drug-likeness (QED) is 0.159. The topological polar surface area (TPSA) is 203 Å². The van der Waals surface area contributed by atoms with Crippen LogP contribution in [0.3, 0.4) is 0 Å². The highest BCUT2D eigenvalue weighted by atomic mass is 35.5. The van der Waals surface area contributed by atoms with Gasteiger partial charge in [0.1, 0.15) is 34.6 Å². The maximum absolute atomic E-state index is 14.1. The number of carbonyl (C=O) groups excluding carboxylic acids is 3. The van der Waals surface area contributed by atoms with Crippen LogP contribution in [0.5, 0.6) is 5.75 Å². The Bertz CT molecular complexity index is 1860. The minimum atomic E-state index is -1.75. The van der Waals surface area contributed by atoms with Gasteiger partial charge in [0.2, 0.25) is 12.3 Å². The predicted molar refractivity (Wildman–Crippen MR) is 199 cm³/mol. The number of rotatable bonds is 7. The number of amides is 2. The average Bonchev–Trinajstić information content (AvgIpc) is 3.80. The van der Waals surface area contributed by atoms with Gasteiger partial charge >= 0.3 is 5.97 Å². The molecule has 2 aromatic carbocycles. The van der Waals surface area contributed by atoms with Crippen molar-refractivity contribution in [2.24, 2.45) is 0 Å². The average molecular weight is 787 g/mol. The third-order valence-electron chi connectivity index (χ3n) is 10.4. The molecule has 2 aromatic rings. The minimum absolute atomic E-state index is 0.0195. The molecule has 8 atom stereocenters. The number of hydrogen-bond acceptors (Lipinski definition) is 13. The maximum atomic E-state index is 14.1.